The van der Waals surface area contributed by atoms with E-state index in [1.54, 1.807) is 12.3 Å². The molecule has 1 aromatic carbocycles. The maximum absolute atomic E-state index is 13.8. The van der Waals surface area contributed by atoms with E-state index < -0.39 is 11.6 Å². The van der Waals surface area contributed by atoms with Crippen LogP contribution in [0.3, 0.4) is 0 Å². The molecule has 0 radical (unpaired) electrons. The lowest BCUT2D eigenvalue weighted by Gasteiger charge is -2.13. The Hall–Kier alpha value is -2.37. The van der Waals surface area contributed by atoms with Gasteiger partial charge in [-0.3, -0.25) is 4.98 Å². The van der Waals surface area contributed by atoms with Crippen molar-refractivity contribution >= 4 is 5.69 Å². The molecule has 0 saturated carbocycles. The van der Waals surface area contributed by atoms with Crippen molar-refractivity contribution in [2.24, 2.45) is 0 Å². The molecular formula is C15H16F2N2O2. The number of rotatable bonds is 5. The van der Waals surface area contributed by atoms with Gasteiger partial charge in [-0.15, -0.1) is 0 Å². The summed E-state index contributed by atoms with van der Waals surface area (Å²) in [5.74, 6) is 0.000537. The van der Waals surface area contributed by atoms with Crippen LogP contribution in [0.25, 0.3) is 0 Å². The molecule has 0 aliphatic rings. The van der Waals surface area contributed by atoms with Crippen LogP contribution in [0.5, 0.6) is 11.5 Å². The number of anilines is 1. The van der Waals surface area contributed by atoms with Gasteiger partial charge in [0.15, 0.2) is 11.5 Å². The minimum atomic E-state index is -0.518. The quantitative estimate of drug-likeness (QED) is 0.919. The summed E-state index contributed by atoms with van der Waals surface area (Å²) in [5, 5.41) is 2.81. The first kappa shape index (κ1) is 15.0. The first-order valence-electron chi connectivity index (χ1n) is 6.32. The minimum absolute atomic E-state index is 0.0739. The van der Waals surface area contributed by atoms with E-state index in [0.717, 1.165) is 12.1 Å². The number of aromatic nitrogens is 1. The number of methoxy groups -OCH3 is 2. The second-order valence-corrected chi connectivity index (χ2v) is 4.43. The molecular weight excluding hydrogens is 278 g/mol. The highest BCUT2D eigenvalue weighted by molar-refractivity contribution is 5.49. The van der Waals surface area contributed by atoms with Gasteiger partial charge in [0.05, 0.1) is 26.5 Å². The number of nitrogens with one attached hydrogen (secondary N) is 1. The summed E-state index contributed by atoms with van der Waals surface area (Å²) in [6.07, 6.45) is 1.56. The summed E-state index contributed by atoms with van der Waals surface area (Å²) < 4.78 is 37.6. The molecule has 4 nitrogen and oxygen atoms in total. The normalized spacial score (nSPS) is 10.3. The number of nitrogens with zero attached hydrogens (tertiary/aromatic N) is 1. The summed E-state index contributed by atoms with van der Waals surface area (Å²) in [6, 6.07) is 3.93. The highest BCUT2D eigenvalue weighted by atomic mass is 19.1. The third-order valence-electron chi connectivity index (χ3n) is 3.06. The molecule has 1 heterocycles. The number of halogens is 2. The third-order valence-corrected chi connectivity index (χ3v) is 3.06. The molecule has 2 rings (SSSR count). The Kier molecular flexibility index (Phi) is 4.57. The topological polar surface area (TPSA) is 43.4 Å². The van der Waals surface area contributed by atoms with Gasteiger partial charge in [-0.05, 0) is 18.6 Å². The monoisotopic (exact) mass is 294 g/mol. The van der Waals surface area contributed by atoms with Crippen LogP contribution in [-0.4, -0.2) is 19.2 Å². The number of pyridine rings is 1. The van der Waals surface area contributed by atoms with E-state index in [0.29, 0.717) is 17.2 Å². The van der Waals surface area contributed by atoms with Gasteiger partial charge in [-0.25, -0.2) is 8.78 Å². The van der Waals surface area contributed by atoms with Gasteiger partial charge in [-0.2, -0.15) is 0 Å². The highest BCUT2D eigenvalue weighted by Gasteiger charge is 2.12. The minimum Gasteiger partial charge on any atom is -0.493 e. The molecule has 0 atom stereocenters. The first-order valence-corrected chi connectivity index (χ1v) is 6.32. The second-order valence-electron chi connectivity index (χ2n) is 4.43. The van der Waals surface area contributed by atoms with E-state index in [1.807, 2.05) is 0 Å². The standard InChI is InChI=1S/C15H16F2N2O2/c1-9-6-11(17)12(7-10(9)16)19-8-13-15(21-3)14(20-2)4-5-18-13/h4-7,19H,8H2,1-3H3. The van der Waals surface area contributed by atoms with Crippen LogP contribution >= 0.6 is 0 Å². The number of benzene rings is 1. The highest BCUT2D eigenvalue weighted by Crippen LogP contribution is 2.29. The number of hydrogen-bond acceptors (Lipinski definition) is 4. The third kappa shape index (κ3) is 3.21. The van der Waals surface area contributed by atoms with Crippen LogP contribution in [0.4, 0.5) is 14.5 Å². The zero-order valence-electron chi connectivity index (χ0n) is 12.0. The summed E-state index contributed by atoms with van der Waals surface area (Å²) in [6.45, 7) is 1.69. The van der Waals surface area contributed by atoms with Crippen molar-refractivity contribution in [2.45, 2.75) is 13.5 Å². The van der Waals surface area contributed by atoms with Gasteiger partial charge < -0.3 is 14.8 Å². The molecule has 112 valence electrons. The van der Waals surface area contributed by atoms with E-state index in [1.165, 1.54) is 21.1 Å². The first-order chi connectivity index (χ1) is 10.1. The van der Waals surface area contributed by atoms with Gasteiger partial charge in [0.25, 0.3) is 0 Å². The fourth-order valence-electron chi connectivity index (χ4n) is 1.94. The lowest BCUT2D eigenvalue weighted by atomic mass is 10.2. The SMILES string of the molecule is COc1ccnc(CNc2cc(F)c(C)cc2F)c1OC. The van der Waals surface area contributed by atoms with Crippen molar-refractivity contribution in [1.29, 1.82) is 0 Å². The summed E-state index contributed by atoms with van der Waals surface area (Å²) >= 11 is 0. The van der Waals surface area contributed by atoms with E-state index in [-0.39, 0.29) is 17.8 Å². The van der Waals surface area contributed by atoms with Gasteiger partial charge in [-0.1, -0.05) is 0 Å². The van der Waals surface area contributed by atoms with Crippen LogP contribution in [0, 0.1) is 18.6 Å². The van der Waals surface area contributed by atoms with Crippen LogP contribution in [0.2, 0.25) is 0 Å². The maximum atomic E-state index is 13.8. The average molecular weight is 294 g/mol. The Morgan fingerprint density at radius 3 is 2.57 bits per heavy atom. The fraction of sp³-hybridized carbons (Fsp3) is 0.267. The van der Waals surface area contributed by atoms with Gasteiger partial charge in [0, 0.05) is 18.3 Å². The van der Waals surface area contributed by atoms with Crippen LogP contribution in [-0.2, 0) is 6.54 Å². The zero-order valence-corrected chi connectivity index (χ0v) is 12.0. The van der Waals surface area contributed by atoms with Crippen molar-refractivity contribution in [3.63, 3.8) is 0 Å². The van der Waals surface area contributed by atoms with Crippen molar-refractivity contribution in [3.05, 3.63) is 47.3 Å². The number of hydrogen-bond donors (Lipinski definition) is 1. The molecule has 21 heavy (non-hydrogen) atoms. The van der Waals surface area contributed by atoms with E-state index in [2.05, 4.69) is 10.3 Å². The molecule has 0 aliphatic heterocycles. The van der Waals surface area contributed by atoms with Gasteiger partial charge in [0.2, 0.25) is 0 Å². The average Bonchev–Trinajstić information content (AvgIpc) is 2.49. The Balaban J connectivity index is 2.22. The lowest BCUT2D eigenvalue weighted by molar-refractivity contribution is 0.350. The number of aryl methyl sites for hydroxylation is 1. The molecule has 0 fully saturated rings. The van der Waals surface area contributed by atoms with E-state index in [9.17, 15) is 8.78 Å². The molecule has 0 aliphatic carbocycles. The van der Waals surface area contributed by atoms with Crippen molar-refractivity contribution in [3.8, 4) is 11.5 Å². The molecule has 1 N–H and O–H groups in total. The second kappa shape index (κ2) is 6.39. The van der Waals surface area contributed by atoms with Gasteiger partial charge in [0.1, 0.15) is 17.3 Å². The Labute approximate surface area is 121 Å². The summed E-state index contributed by atoms with van der Waals surface area (Å²) in [5.41, 5.74) is 0.872. The molecule has 0 spiro atoms. The van der Waals surface area contributed by atoms with Gasteiger partial charge >= 0.3 is 0 Å². The summed E-state index contributed by atoms with van der Waals surface area (Å²) in [4.78, 5) is 4.16. The van der Waals surface area contributed by atoms with Crippen molar-refractivity contribution in [2.75, 3.05) is 19.5 Å². The predicted molar refractivity (Wildman–Crippen MR) is 75.8 cm³/mol. The Morgan fingerprint density at radius 2 is 1.90 bits per heavy atom. The number of ether oxygens (including phenoxy) is 2. The maximum Gasteiger partial charge on any atom is 0.184 e. The van der Waals surface area contributed by atoms with Crippen LogP contribution in [0.1, 0.15) is 11.3 Å². The largest absolute Gasteiger partial charge is 0.493 e. The molecule has 1 aromatic heterocycles. The smallest absolute Gasteiger partial charge is 0.184 e. The molecule has 0 amide bonds. The van der Waals surface area contributed by atoms with E-state index in [4.69, 9.17) is 9.47 Å². The molecule has 2 aromatic rings. The lowest BCUT2D eigenvalue weighted by Crippen LogP contribution is -2.07. The fourth-order valence-corrected chi connectivity index (χ4v) is 1.94. The van der Waals surface area contributed by atoms with Crippen molar-refractivity contribution in [1.82, 2.24) is 4.98 Å². The summed E-state index contributed by atoms with van der Waals surface area (Å²) in [7, 11) is 3.01. The molecule has 0 saturated heterocycles. The van der Waals surface area contributed by atoms with Crippen molar-refractivity contribution < 1.29 is 18.3 Å². The molecule has 6 heteroatoms. The Bertz CT molecular complexity index is 648. The molecule has 0 bridgehead atoms. The van der Waals surface area contributed by atoms with Crippen LogP contribution in [0.15, 0.2) is 24.4 Å². The molecule has 0 unspecified atom stereocenters. The van der Waals surface area contributed by atoms with Crippen LogP contribution < -0.4 is 14.8 Å². The Morgan fingerprint density at radius 1 is 1.14 bits per heavy atom. The zero-order chi connectivity index (χ0) is 15.4. The van der Waals surface area contributed by atoms with E-state index >= 15 is 0 Å². The predicted octanol–water partition coefficient (Wildman–Crippen LogP) is 3.30.